The Hall–Kier alpha value is -0.570. The van der Waals surface area contributed by atoms with Crippen LogP contribution in [0.25, 0.3) is 0 Å². The van der Waals surface area contributed by atoms with E-state index < -0.39 is 0 Å². The van der Waals surface area contributed by atoms with E-state index in [1.807, 2.05) is 6.92 Å². The average molecular weight is 199 g/mol. The minimum Gasteiger partial charge on any atom is -0.465 e. The van der Waals surface area contributed by atoms with E-state index in [2.05, 4.69) is 12.2 Å². The van der Waals surface area contributed by atoms with Crippen molar-refractivity contribution in [1.29, 1.82) is 0 Å². The Morgan fingerprint density at radius 1 is 1.43 bits per heavy atom. The second-order valence-corrected chi connectivity index (χ2v) is 3.89. The fraction of sp³-hybridized carbons (Fsp3) is 0.909. The van der Waals surface area contributed by atoms with Crippen LogP contribution in [0.3, 0.4) is 0 Å². The lowest BCUT2D eigenvalue weighted by Gasteiger charge is -2.18. The molecule has 14 heavy (non-hydrogen) atoms. The van der Waals surface area contributed by atoms with Crippen molar-refractivity contribution in [2.45, 2.75) is 45.6 Å². The highest BCUT2D eigenvalue weighted by Crippen LogP contribution is 2.27. The number of ether oxygens (including phenoxy) is 1. The second kappa shape index (κ2) is 6.02. The Kier molecular flexibility index (Phi) is 4.94. The molecule has 0 aromatic rings. The molecule has 0 saturated heterocycles. The summed E-state index contributed by atoms with van der Waals surface area (Å²) in [5.74, 6) is 0.624. The summed E-state index contributed by atoms with van der Waals surface area (Å²) in [5, 5.41) is 3.29. The van der Waals surface area contributed by atoms with Crippen LogP contribution in [0.2, 0.25) is 0 Å². The van der Waals surface area contributed by atoms with E-state index in [1.165, 1.54) is 25.7 Å². The van der Waals surface area contributed by atoms with E-state index in [-0.39, 0.29) is 5.97 Å². The number of carbonyl (C=O) groups is 1. The molecule has 0 radical (unpaired) electrons. The highest BCUT2D eigenvalue weighted by Gasteiger charge is 2.25. The molecule has 2 unspecified atom stereocenters. The molecule has 0 bridgehead atoms. The molecule has 0 spiro atoms. The van der Waals surface area contributed by atoms with Gasteiger partial charge in [0.15, 0.2) is 0 Å². The number of nitrogens with one attached hydrogen (secondary N) is 1. The lowest BCUT2D eigenvalue weighted by atomic mass is 10.0. The van der Waals surface area contributed by atoms with Gasteiger partial charge in [0.25, 0.3) is 0 Å². The van der Waals surface area contributed by atoms with Crippen molar-refractivity contribution in [2.24, 2.45) is 5.92 Å². The van der Waals surface area contributed by atoms with Crippen LogP contribution >= 0.6 is 0 Å². The summed E-state index contributed by atoms with van der Waals surface area (Å²) in [5.41, 5.74) is 0. The van der Waals surface area contributed by atoms with E-state index in [4.69, 9.17) is 4.74 Å². The quantitative estimate of drug-likeness (QED) is 0.685. The Labute approximate surface area is 86.2 Å². The van der Waals surface area contributed by atoms with Crippen LogP contribution in [0, 0.1) is 5.92 Å². The van der Waals surface area contributed by atoms with Crippen molar-refractivity contribution in [3.8, 4) is 0 Å². The highest BCUT2D eigenvalue weighted by atomic mass is 16.5. The zero-order valence-electron chi connectivity index (χ0n) is 9.21. The Bertz CT molecular complexity index is 182. The minimum atomic E-state index is -0.130. The first kappa shape index (κ1) is 11.5. The Morgan fingerprint density at radius 3 is 2.86 bits per heavy atom. The summed E-state index contributed by atoms with van der Waals surface area (Å²) in [6, 6.07) is 0.532. The molecular formula is C11H21NO2. The summed E-state index contributed by atoms with van der Waals surface area (Å²) in [6.07, 6.45) is 5.01. The molecule has 1 aliphatic rings. The maximum atomic E-state index is 11.1. The molecule has 1 rings (SSSR count). The average Bonchev–Trinajstić information content (AvgIpc) is 2.62. The summed E-state index contributed by atoms with van der Waals surface area (Å²) < 4.78 is 4.87. The SMILES string of the molecule is CCOC(=O)CNC1CCCC1CC. The van der Waals surface area contributed by atoms with Gasteiger partial charge in [0.2, 0.25) is 0 Å². The number of rotatable bonds is 5. The lowest BCUT2D eigenvalue weighted by Crippen LogP contribution is -2.36. The molecule has 0 amide bonds. The number of hydrogen-bond donors (Lipinski definition) is 1. The van der Waals surface area contributed by atoms with Crippen LogP contribution in [0.5, 0.6) is 0 Å². The van der Waals surface area contributed by atoms with Crippen molar-refractivity contribution < 1.29 is 9.53 Å². The first-order valence-corrected chi connectivity index (χ1v) is 5.66. The zero-order valence-corrected chi connectivity index (χ0v) is 9.21. The largest absolute Gasteiger partial charge is 0.465 e. The number of hydrogen-bond acceptors (Lipinski definition) is 3. The second-order valence-electron chi connectivity index (χ2n) is 3.89. The maximum Gasteiger partial charge on any atom is 0.319 e. The fourth-order valence-electron chi connectivity index (χ4n) is 2.22. The molecule has 0 heterocycles. The van der Waals surface area contributed by atoms with E-state index in [9.17, 15) is 4.79 Å². The van der Waals surface area contributed by atoms with E-state index in [0.29, 0.717) is 19.2 Å². The molecule has 0 aromatic heterocycles. The first-order chi connectivity index (χ1) is 6.77. The topological polar surface area (TPSA) is 38.3 Å². The zero-order chi connectivity index (χ0) is 10.4. The smallest absolute Gasteiger partial charge is 0.319 e. The van der Waals surface area contributed by atoms with Crippen molar-refractivity contribution in [3.05, 3.63) is 0 Å². The summed E-state index contributed by atoms with van der Waals surface area (Å²) in [6.45, 7) is 4.90. The van der Waals surface area contributed by atoms with Crippen LogP contribution in [-0.4, -0.2) is 25.2 Å². The van der Waals surface area contributed by atoms with Gasteiger partial charge in [-0.05, 0) is 25.7 Å². The molecule has 3 nitrogen and oxygen atoms in total. The van der Waals surface area contributed by atoms with Gasteiger partial charge in [-0.3, -0.25) is 4.79 Å². The van der Waals surface area contributed by atoms with Crippen molar-refractivity contribution in [2.75, 3.05) is 13.2 Å². The molecule has 1 fully saturated rings. The van der Waals surface area contributed by atoms with Crippen molar-refractivity contribution >= 4 is 5.97 Å². The third-order valence-electron chi connectivity index (χ3n) is 3.00. The predicted octanol–water partition coefficient (Wildman–Crippen LogP) is 1.72. The van der Waals surface area contributed by atoms with Crippen LogP contribution in [0.1, 0.15) is 39.5 Å². The molecule has 1 aliphatic carbocycles. The van der Waals surface area contributed by atoms with Gasteiger partial charge in [-0.2, -0.15) is 0 Å². The Morgan fingerprint density at radius 2 is 2.21 bits per heavy atom. The molecular weight excluding hydrogens is 178 g/mol. The molecule has 82 valence electrons. The van der Waals surface area contributed by atoms with E-state index in [0.717, 1.165) is 5.92 Å². The van der Waals surface area contributed by atoms with Crippen LogP contribution in [0.4, 0.5) is 0 Å². The van der Waals surface area contributed by atoms with Crippen LogP contribution < -0.4 is 5.32 Å². The minimum absolute atomic E-state index is 0.130. The van der Waals surface area contributed by atoms with Gasteiger partial charge in [-0.1, -0.05) is 19.8 Å². The molecule has 1 N–H and O–H groups in total. The van der Waals surface area contributed by atoms with Gasteiger partial charge in [-0.15, -0.1) is 0 Å². The van der Waals surface area contributed by atoms with Gasteiger partial charge in [0, 0.05) is 6.04 Å². The monoisotopic (exact) mass is 199 g/mol. The van der Waals surface area contributed by atoms with Gasteiger partial charge < -0.3 is 10.1 Å². The standard InChI is InChI=1S/C11H21NO2/c1-3-9-6-5-7-10(9)12-8-11(13)14-4-2/h9-10,12H,3-8H2,1-2H3. The van der Waals surface area contributed by atoms with Gasteiger partial charge >= 0.3 is 5.97 Å². The lowest BCUT2D eigenvalue weighted by molar-refractivity contribution is -0.142. The molecule has 0 aliphatic heterocycles. The molecule has 2 atom stereocenters. The number of esters is 1. The van der Waals surface area contributed by atoms with Gasteiger partial charge in [-0.25, -0.2) is 0 Å². The first-order valence-electron chi connectivity index (χ1n) is 5.66. The van der Waals surface area contributed by atoms with E-state index in [1.54, 1.807) is 0 Å². The normalized spacial score (nSPS) is 26.4. The van der Waals surface area contributed by atoms with Gasteiger partial charge in [0.05, 0.1) is 13.2 Å². The Balaban J connectivity index is 2.20. The summed E-state index contributed by atoms with van der Waals surface area (Å²) >= 11 is 0. The van der Waals surface area contributed by atoms with Crippen LogP contribution in [0.15, 0.2) is 0 Å². The maximum absolute atomic E-state index is 11.1. The van der Waals surface area contributed by atoms with Gasteiger partial charge in [0.1, 0.15) is 0 Å². The van der Waals surface area contributed by atoms with Crippen molar-refractivity contribution in [1.82, 2.24) is 5.32 Å². The summed E-state index contributed by atoms with van der Waals surface area (Å²) in [7, 11) is 0. The third kappa shape index (κ3) is 3.29. The fourth-order valence-corrected chi connectivity index (χ4v) is 2.22. The molecule has 1 saturated carbocycles. The molecule has 3 heteroatoms. The number of carbonyl (C=O) groups excluding carboxylic acids is 1. The molecule has 0 aromatic carbocycles. The summed E-state index contributed by atoms with van der Waals surface area (Å²) in [4.78, 5) is 11.1. The van der Waals surface area contributed by atoms with E-state index >= 15 is 0 Å². The predicted molar refractivity (Wildman–Crippen MR) is 56.1 cm³/mol. The van der Waals surface area contributed by atoms with Crippen molar-refractivity contribution in [3.63, 3.8) is 0 Å². The third-order valence-corrected chi connectivity index (χ3v) is 3.00. The van der Waals surface area contributed by atoms with Crippen LogP contribution in [-0.2, 0) is 9.53 Å². The highest BCUT2D eigenvalue weighted by molar-refractivity contribution is 5.71.